The number of hydrogen-bond acceptors (Lipinski definition) is 2. The first-order chi connectivity index (χ1) is 8.69. The molecular weight excluding hydrogens is 224 g/mol. The number of nitrogens with one attached hydrogen (secondary N) is 1. The standard InChI is InChI=1S/C15H22N2O/c1-11(14-3-2-4-14)17-15(18)9-12-5-7-13(10-16)8-6-12/h5-8,11,14H,2-4,9-10,16H2,1H3,(H,17,18). The average Bonchev–Trinajstić information content (AvgIpc) is 2.27. The van der Waals surface area contributed by atoms with Crippen molar-refractivity contribution in [1.82, 2.24) is 5.32 Å². The van der Waals surface area contributed by atoms with Gasteiger partial charge in [-0.15, -0.1) is 0 Å². The zero-order valence-electron chi connectivity index (χ0n) is 11.0. The number of benzene rings is 1. The van der Waals surface area contributed by atoms with Gasteiger partial charge in [0.1, 0.15) is 0 Å². The second-order valence-corrected chi connectivity index (χ2v) is 5.24. The maximum atomic E-state index is 11.9. The number of hydrogen-bond donors (Lipinski definition) is 2. The first kappa shape index (κ1) is 13.1. The van der Waals surface area contributed by atoms with E-state index >= 15 is 0 Å². The van der Waals surface area contributed by atoms with Crippen LogP contribution in [0.3, 0.4) is 0 Å². The van der Waals surface area contributed by atoms with Gasteiger partial charge in [0.05, 0.1) is 6.42 Å². The third-order valence-electron chi connectivity index (χ3n) is 3.87. The summed E-state index contributed by atoms with van der Waals surface area (Å²) in [4.78, 5) is 11.9. The predicted molar refractivity (Wildman–Crippen MR) is 73.0 cm³/mol. The zero-order chi connectivity index (χ0) is 13.0. The quantitative estimate of drug-likeness (QED) is 0.835. The first-order valence-corrected chi connectivity index (χ1v) is 6.76. The summed E-state index contributed by atoms with van der Waals surface area (Å²) in [6.07, 6.45) is 4.28. The fourth-order valence-corrected chi connectivity index (χ4v) is 2.34. The molecule has 0 aromatic heterocycles. The molecule has 1 fully saturated rings. The summed E-state index contributed by atoms with van der Waals surface area (Å²) in [5.41, 5.74) is 7.69. The fraction of sp³-hybridized carbons (Fsp3) is 0.533. The molecule has 3 nitrogen and oxygen atoms in total. The molecule has 98 valence electrons. The number of amides is 1. The number of nitrogens with two attached hydrogens (primary N) is 1. The van der Waals surface area contributed by atoms with Gasteiger partial charge in [0, 0.05) is 12.6 Å². The molecule has 3 heteroatoms. The summed E-state index contributed by atoms with van der Waals surface area (Å²) in [6.45, 7) is 2.66. The van der Waals surface area contributed by atoms with Gasteiger partial charge in [0.15, 0.2) is 0 Å². The summed E-state index contributed by atoms with van der Waals surface area (Å²) in [5, 5.41) is 3.10. The van der Waals surface area contributed by atoms with Crippen molar-refractivity contribution >= 4 is 5.91 Å². The summed E-state index contributed by atoms with van der Waals surface area (Å²) in [5.74, 6) is 0.809. The minimum atomic E-state index is 0.120. The maximum absolute atomic E-state index is 11.9. The molecule has 0 bridgehead atoms. The highest BCUT2D eigenvalue weighted by molar-refractivity contribution is 5.78. The van der Waals surface area contributed by atoms with E-state index in [0.29, 0.717) is 24.9 Å². The minimum absolute atomic E-state index is 0.120. The fourth-order valence-electron chi connectivity index (χ4n) is 2.34. The van der Waals surface area contributed by atoms with Crippen molar-refractivity contribution in [3.8, 4) is 0 Å². The van der Waals surface area contributed by atoms with Crippen LogP contribution in [0.25, 0.3) is 0 Å². The molecule has 1 saturated carbocycles. The summed E-state index contributed by atoms with van der Waals surface area (Å²) in [6, 6.07) is 8.25. The van der Waals surface area contributed by atoms with Crippen LogP contribution in [-0.4, -0.2) is 11.9 Å². The lowest BCUT2D eigenvalue weighted by Gasteiger charge is -2.31. The van der Waals surface area contributed by atoms with Gasteiger partial charge in [-0.2, -0.15) is 0 Å². The maximum Gasteiger partial charge on any atom is 0.224 e. The molecular formula is C15H22N2O. The lowest BCUT2D eigenvalue weighted by Crippen LogP contribution is -2.41. The molecule has 3 N–H and O–H groups in total. The second-order valence-electron chi connectivity index (χ2n) is 5.24. The monoisotopic (exact) mass is 246 g/mol. The Labute approximate surface area is 109 Å². The minimum Gasteiger partial charge on any atom is -0.353 e. The molecule has 18 heavy (non-hydrogen) atoms. The second kappa shape index (κ2) is 6.01. The molecule has 0 radical (unpaired) electrons. The highest BCUT2D eigenvalue weighted by Crippen LogP contribution is 2.29. The summed E-state index contributed by atoms with van der Waals surface area (Å²) < 4.78 is 0. The number of carbonyl (C=O) groups is 1. The summed E-state index contributed by atoms with van der Waals surface area (Å²) >= 11 is 0. The topological polar surface area (TPSA) is 55.1 Å². The normalized spacial score (nSPS) is 17.0. The van der Waals surface area contributed by atoms with Crippen molar-refractivity contribution in [2.75, 3.05) is 0 Å². The Kier molecular flexibility index (Phi) is 4.37. The van der Waals surface area contributed by atoms with Crippen molar-refractivity contribution < 1.29 is 4.79 Å². The Morgan fingerprint density at radius 1 is 1.33 bits per heavy atom. The van der Waals surface area contributed by atoms with Gasteiger partial charge in [-0.3, -0.25) is 4.79 Å². The van der Waals surface area contributed by atoms with Crippen LogP contribution in [0.1, 0.15) is 37.3 Å². The van der Waals surface area contributed by atoms with Crippen LogP contribution in [0, 0.1) is 5.92 Å². The molecule has 1 aromatic carbocycles. The van der Waals surface area contributed by atoms with Crippen molar-refractivity contribution in [2.45, 2.75) is 45.2 Å². The van der Waals surface area contributed by atoms with Crippen LogP contribution < -0.4 is 11.1 Å². The van der Waals surface area contributed by atoms with Crippen molar-refractivity contribution in [2.24, 2.45) is 11.7 Å². The Morgan fingerprint density at radius 3 is 2.44 bits per heavy atom. The number of rotatable bonds is 5. The van der Waals surface area contributed by atoms with E-state index in [9.17, 15) is 4.79 Å². The molecule has 1 amide bonds. The van der Waals surface area contributed by atoms with E-state index in [-0.39, 0.29) is 5.91 Å². The Bertz CT molecular complexity index is 395. The molecule has 1 unspecified atom stereocenters. The zero-order valence-corrected chi connectivity index (χ0v) is 11.0. The van der Waals surface area contributed by atoms with Gasteiger partial charge in [-0.25, -0.2) is 0 Å². The molecule has 1 aromatic rings. The molecule has 0 saturated heterocycles. The van der Waals surface area contributed by atoms with Crippen molar-refractivity contribution in [3.63, 3.8) is 0 Å². The molecule has 0 spiro atoms. The molecule has 1 aliphatic rings. The average molecular weight is 246 g/mol. The van der Waals surface area contributed by atoms with Gasteiger partial charge in [0.25, 0.3) is 0 Å². The molecule has 2 rings (SSSR count). The highest BCUT2D eigenvalue weighted by atomic mass is 16.1. The Hall–Kier alpha value is -1.35. The van der Waals surface area contributed by atoms with Crippen LogP contribution in [0.2, 0.25) is 0 Å². The molecule has 0 heterocycles. The van der Waals surface area contributed by atoms with Crippen LogP contribution in [0.5, 0.6) is 0 Å². The largest absolute Gasteiger partial charge is 0.353 e. The van der Waals surface area contributed by atoms with E-state index in [1.165, 1.54) is 19.3 Å². The third kappa shape index (κ3) is 3.33. The predicted octanol–water partition coefficient (Wildman–Crippen LogP) is 1.99. The van der Waals surface area contributed by atoms with Crippen LogP contribution in [0.4, 0.5) is 0 Å². The smallest absolute Gasteiger partial charge is 0.224 e. The van der Waals surface area contributed by atoms with E-state index in [1.807, 2.05) is 24.3 Å². The molecule has 1 atom stereocenters. The molecule has 0 aliphatic heterocycles. The SMILES string of the molecule is CC(NC(=O)Cc1ccc(CN)cc1)C1CCC1. The van der Waals surface area contributed by atoms with Gasteiger partial charge in [-0.05, 0) is 36.8 Å². The first-order valence-electron chi connectivity index (χ1n) is 6.76. The van der Waals surface area contributed by atoms with Gasteiger partial charge in [-0.1, -0.05) is 30.7 Å². The van der Waals surface area contributed by atoms with Crippen molar-refractivity contribution in [1.29, 1.82) is 0 Å². The van der Waals surface area contributed by atoms with E-state index in [4.69, 9.17) is 5.73 Å². The lowest BCUT2D eigenvalue weighted by atomic mass is 9.80. The van der Waals surface area contributed by atoms with E-state index < -0.39 is 0 Å². The third-order valence-corrected chi connectivity index (χ3v) is 3.87. The van der Waals surface area contributed by atoms with Gasteiger partial charge >= 0.3 is 0 Å². The van der Waals surface area contributed by atoms with E-state index in [0.717, 1.165) is 11.1 Å². The Balaban J connectivity index is 1.82. The van der Waals surface area contributed by atoms with Crippen molar-refractivity contribution in [3.05, 3.63) is 35.4 Å². The lowest BCUT2D eigenvalue weighted by molar-refractivity contribution is -0.121. The highest BCUT2D eigenvalue weighted by Gasteiger charge is 2.24. The molecule has 1 aliphatic carbocycles. The Morgan fingerprint density at radius 2 is 1.94 bits per heavy atom. The van der Waals surface area contributed by atoms with E-state index in [1.54, 1.807) is 0 Å². The van der Waals surface area contributed by atoms with Gasteiger partial charge < -0.3 is 11.1 Å². The van der Waals surface area contributed by atoms with Crippen LogP contribution >= 0.6 is 0 Å². The van der Waals surface area contributed by atoms with Gasteiger partial charge in [0.2, 0.25) is 5.91 Å². The van der Waals surface area contributed by atoms with Crippen LogP contribution in [-0.2, 0) is 17.8 Å². The van der Waals surface area contributed by atoms with Crippen LogP contribution in [0.15, 0.2) is 24.3 Å². The summed E-state index contributed by atoms with van der Waals surface area (Å²) in [7, 11) is 0. The van der Waals surface area contributed by atoms with E-state index in [2.05, 4.69) is 12.2 Å². The number of carbonyl (C=O) groups excluding carboxylic acids is 1.